The van der Waals surface area contributed by atoms with Gasteiger partial charge in [-0.1, -0.05) is 34.1 Å². The smallest absolute Gasteiger partial charge is 0.243 e. The van der Waals surface area contributed by atoms with Crippen LogP contribution < -0.4 is 5.73 Å². The molecular weight excluding hydrogens is 352 g/mol. The number of hydrogen-bond acceptors (Lipinski definition) is 3. The first-order valence-corrected chi connectivity index (χ1v) is 8.61. The Bertz CT molecular complexity index is 760. The van der Waals surface area contributed by atoms with Gasteiger partial charge in [0.2, 0.25) is 10.0 Å². The maximum atomic E-state index is 12.6. The van der Waals surface area contributed by atoms with Crippen molar-refractivity contribution in [2.45, 2.75) is 18.4 Å². The predicted molar refractivity (Wildman–Crippen MR) is 88.4 cm³/mol. The Morgan fingerprint density at radius 3 is 2.48 bits per heavy atom. The van der Waals surface area contributed by atoms with Crippen LogP contribution in [0, 0.1) is 6.92 Å². The minimum absolute atomic E-state index is 0.284. The first-order chi connectivity index (χ1) is 9.82. The fourth-order valence-electron chi connectivity index (χ4n) is 2.08. The summed E-state index contributed by atoms with van der Waals surface area (Å²) in [7, 11) is -1.97. The number of aryl methyl sites for hydroxylation is 1. The largest absolute Gasteiger partial charge is 0.399 e. The Kier molecular flexibility index (Phi) is 4.70. The molecule has 0 saturated heterocycles. The highest BCUT2D eigenvalue weighted by atomic mass is 79.9. The number of nitrogen functional groups attached to an aromatic ring is 1. The van der Waals surface area contributed by atoms with Crippen molar-refractivity contribution in [2.24, 2.45) is 0 Å². The van der Waals surface area contributed by atoms with E-state index in [1.165, 1.54) is 4.31 Å². The summed E-state index contributed by atoms with van der Waals surface area (Å²) in [6, 6.07) is 12.4. The molecule has 0 amide bonds. The second-order valence-electron chi connectivity index (χ2n) is 4.88. The molecule has 21 heavy (non-hydrogen) atoms. The van der Waals surface area contributed by atoms with Crippen LogP contribution in [0.2, 0.25) is 0 Å². The Balaban J connectivity index is 2.33. The lowest BCUT2D eigenvalue weighted by molar-refractivity contribution is 0.465. The molecule has 0 bridgehead atoms. The second-order valence-corrected chi connectivity index (χ2v) is 7.75. The van der Waals surface area contributed by atoms with Crippen molar-refractivity contribution in [1.82, 2.24) is 4.31 Å². The van der Waals surface area contributed by atoms with Gasteiger partial charge in [0.05, 0.1) is 4.90 Å². The van der Waals surface area contributed by atoms with Crippen LogP contribution in [0.3, 0.4) is 0 Å². The topological polar surface area (TPSA) is 63.4 Å². The van der Waals surface area contributed by atoms with E-state index >= 15 is 0 Å². The van der Waals surface area contributed by atoms with Gasteiger partial charge in [-0.25, -0.2) is 8.42 Å². The minimum Gasteiger partial charge on any atom is -0.399 e. The molecule has 2 N–H and O–H groups in total. The van der Waals surface area contributed by atoms with Crippen molar-refractivity contribution < 1.29 is 8.42 Å². The van der Waals surface area contributed by atoms with Crippen LogP contribution in [0.5, 0.6) is 0 Å². The molecule has 112 valence electrons. The summed E-state index contributed by atoms with van der Waals surface area (Å²) < 4.78 is 27.5. The maximum Gasteiger partial charge on any atom is 0.243 e. The quantitative estimate of drug-likeness (QED) is 0.842. The van der Waals surface area contributed by atoms with E-state index in [0.717, 1.165) is 10.0 Å². The first kappa shape index (κ1) is 16.0. The summed E-state index contributed by atoms with van der Waals surface area (Å²) in [5, 5.41) is 0. The molecule has 0 heterocycles. The first-order valence-electron chi connectivity index (χ1n) is 6.38. The molecule has 0 radical (unpaired) electrons. The standard InChI is InChI=1S/C15H17BrN2O2S/c1-11-9-13(17)7-8-15(11)21(19,20)18(2)10-12-5-3-4-6-14(12)16/h3-9H,10,17H2,1-2H3. The molecule has 4 nitrogen and oxygen atoms in total. The molecule has 6 heteroatoms. The zero-order valence-electron chi connectivity index (χ0n) is 11.9. The average Bonchev–Trinajstić information content (AvgIpc) is 2.40. The van der Waals surface area contributed by atoms with Crippen LogP contribution in [0.4, 0.5) is 5.69 Å². The zero-order chi connectivity index (χ0) is 15.6. The fraction of sp³-hybridized carbons (Fsp3) is 0.200. The molecule has 2 rings (SSSR count). The number of sulfonamides is 1. The Morgan fingerprint density at radius 1 is 1.19 bits per heavy atom. The van der Waals surface area contributed by atoms with E-state index in [4.69, 9.17) is 5.73 Å². The number of hydrogen-bond donors (Lipinski definition) is 1. The third-order valence-corrected chi connectivity index (χ3v) is 5.98. The van der Waals surface area contributed by atoms with Crippen LogP contribution in [-0.4, -0.2) is 19.8 Å². The molecule has 0 unspecified atom stereocenters. The number of benzene rings is 2. The highest BCUT2D eigenvalue weighted by Gasteiger charge is 2.23. The van der Waals surface area contributed by atoms with Gasteiger partial charge in [0.1, 0.15) is 0 Å². The molecule has 0 atom stereocenters. The van der Waals surface area contributed by atoms with Crippen LogP contribution in [-0.2, 0) is 16.6 Å². The summed E-state index contributed by atoms with van der Waals surface area (Å²) in [6.45, 7) is 2.04. The Hall–Kier alpha value is -1.37. The fourth-order valence-corrected chi connectivity index (χ4v) is 3.84. The molecule has 0 fully saturated rings. The van der Waals surface area contributed by atoms with E-state index in [0.29, 0.717) is 17.8 Å². The molecule has 0 aliphatic carbocycles. The highest BCUT2D eigenvalue weighted by molar-refractivity contribution is 9.10. The second kappa shape index (κ2) is 6.17. The van der Waals surface area contributed by atoms with Crippen LogP contribution in [0.1, 0.15) is 11.1 Å². The number of anilines is 1. The molecule has 0 spiro atoms. The van der Waals surface area contributed by atoms with Crippen molar-refractivity contribution in [3.05, 3.63) is 58.1 Å². The molecule has 0 aliphatic heterocycles. The van der Waals surface area contributed by atoms with Gasteiger partial charge in [-0.2, -0.15) is 4.31 Å². The predicted octanol–water partition coefficient (Wildman–Crippen LogP) is 3.16. The van der Waals surface area contributed by atoms with Gasteiger partial charge in [-0.05, 0) is 42.3 Å². The Labute approximate surface area is 133 Å². The average molecular weight is 369 g/mol. The zero-order valence-corrected chi connectivity index (χ0v) is 14.3. The van der Waals surface area contributed by atoms with E-state index < -0.39 is 10.0 Å². The van der Waals surface area contributed by atoms with E-state index in [1.807, 2.05) is 24.3 Å². The van der Waals surface area contributed by atoms with Gasteiger partial charge < -0.3 is 5.73 Å². The van der Waals surface area contributed by atoms with E-state index in [1.54, 1.807) is 32.2 Å². The molecule has 0 aromatic heterocycles. The van der Waals surface area contributed by atoms with Gasteiger partial charge in [0, 0.05) is 23.8 Å². The van der Waals surface area contributed by atoms with Crippen molar-refractivity contribution in [3.8, 4) is 0 Å². The van der Waals surface area contributed by atoms with Crippen LogP contribution in [0.25, 0.3) is 0 Å². The lowest BCUT2D eigenvalue weighted by Crippen LogP contribution is -2.27. The maximum absolute atomic E-state index is 12.6. The highest BCUT2D eigenvalue weighted by Crippen LogP contribution is 2.24. The molecule has 0 saturated carbocycles. The third kappa shape index (κ3) is 3.45. The monoisotopic (exact) mass is 368 g/mol. The molecular formula is C15H17BrN2O2S. The van der Waals surface area contributed by atoms with Gasteiger partial charge in [-0.3, -0.25) is 0 Å². The van der Waals surface area contributed by atoms with Crippen molar-refractivity contribution in [1.29, 1.82) is 0 Å². The van der Waals surface area contributed by atoms with E-state index in [-0.39, 0.29) is 4.90 Å². The van der Waals surface area contributed by atoms with Gasteiger partial charge in [0.15, 0.2) is 0 Å². The van der Waals surface area contributed by atoms with Crippen molar-refractivity contribution in [2.75, 3.05) is 12.8 Å². The van der Waals surface area contributed by atoms with Gasteiger partial charge in [-0.15, -0.1) is 0 Å². The third-order valence-electron chi connectivity index (χ3n) is 3.24. The van der Waals surface area contributed by atoms with E-state index in [9.17, 15) is 8.42 Å². The lowest BCUT2D eigenvalue weighted by Gasteiger charge is -2.19. The molecule has 2 aromatic carbocycles. The number of halogens is 1. The summed E-state index contributed by atoms with van der Waals surface area (Å²) >= 11 is 3.43. The number of nitrogens with two attached hydrogens (primary N) is 1. The minimum atomic E-state index is -3.54. The van der Waals surface area contributed by atoms with E-state index in [2.05, 4.69) is 15.9 Å². The summed E-state index contributed by atoms with van der Waals surface area (Å²) in [5.74, 6) is 0. The van der Waals surface area contributed by atoms with Crippen LogP contribution >= 0.6 is 15.9 Å². The van der Waals surface area contributed by atoms with Gasteiger partial charge in [0.25, 0.3) is 0 Å². The van der Waals surface area contributed by atoms with Crippen molar-refractivity contribution in [3.63, 3.8) is 0 Å². The summed E-state index contributed by atoms with van der Waals surface area (Å²) in [6.07, 6.45) is 0. The number of rotatable bonds is 4. The van der Waals surface area contributed by atoms with Crippen LogP contribution in [0.15, 0.2) is 51.8 Å². The number of nitrogens with zero attached hydrogens (tertiary/aromatic N) is 1. The Morgan fingerprint density at radius 2 is 1.86 bits per heavy atom. The van der Waals surface area contributed by atoms with Gasteiger partial charge >= 0.3 is 0 Å². The summed E-state index contributed by atoms with van der Waals surface area (Å²) in [4.78, 5) is 0.284. The SMILES string of the molecule is Cc1cc(N)ccc1S(=O)(=O)N(C)Cc1ccccc1Br. The lowest BCUT2D eigenvalue weighted by atomic mass is 10.2. The molecule has 2 aromatic rings. The summed E-state index contributed by atoms with van der Waals surface area (Å²) in [5.41, 5.74) is 7.79. The normalized spacial score (nSPS) is 11.8. The van der Waals surface area contributed by atoms with Crippen molar-refractivity contribution >= 4 is 31.6 Å². The molecule has 0 aliphatic rings.